The Morgan fingerprint density at radius 3 is 2.94 bits per heavy atom. The molecular formula is C11H9IN2O2S. The third kappa shape index (κ3) is 3.22. The number of thiophene rings is 1. The van der Waals surface area contributed by atoms with Gasteiger partial charge in [-0.1, -0.05) is 0 Å². The normalized spacial score (nSPS) is 10.2. The minimum Gasteiger partial charge on any atom is -0.481 e. The molecule has 6 heteroatoms. The van der Waals surface area contributed by atoms with Crippen molar-refractivity contribution in [1.29, 1.82) is 0 Å². The molecule has 0 N–H and O–H groups in total. The second kappa shape index (κ2) is 5.54. The second-order valence-corrected chi connectivity index (χ2v) is 6.10. The smallest absolute Gasteiger partial charge is 0.216 e. The molecule has 0 aliphatic rings. The predicted molar refractivity (Wildman–Crippen MR) is 73.7 cm³/mol. The van der Waals surface area contributed by atoms with Crippen LogP contribution in [0.1, 0.15) is 16.1 Å². The van der Waals surface area contributed by atoms with Crippen LogP contribution in [0.2, 0.25) is 0 Å². The van der Waals surface area contributed by atoms with Crippen molar-refractivity contribution in [2.24, 2.45) is 0 Å². The lowest BCUT2D eigenvalue weighted by Gasteiger charge is -2.01. The van der Waals surface area contributed by atoms with Crippen LogP contribution in [0.4, 0.5) is 0 Å². The number of hydrogen-bond acceptors (Lipinski definition) is 5. The molecule has 4 nitrogen and oxygen atoms in total. The van der Waals surface area contributed by atoms with Gasteiger partial charge >= 0.3 is 0 Å². The van der Waals surface area contributed by atoms with Gasteiger partial charge in [0.25, 0.3) is 0 Å². The molecule has 2 aromatic heterocycles. The number of ketones is 1. The van der Waals surface area contributed by atoms with Crippen LogP contribution in [-0.4, -0.2) is 22.9 Å². The molecule has 0 spiro atoms. The van der Waals surface area contributed by atoms with Crippen molar-refractivity contribution in [2.75, 3.05) is 7.11 Å². The number of methoxy groups -OCH3 is 1. The number of hydrogen-bond donors (Lipinski definition) is 0. The van der Waals surface area contributed by atoms with E-state index >= 15 is 0 Å². The molecule has 0 radical (unpaired) electrons. The average Bonchev–Trinajstić information content (AvgIpc) is 2.76. The number of carbonyl (C=O) groups is 1. The maximum Gasteiger partial charge on any atom is 0.216 e. The second-order valence-electron chi connectivity index (χ2n) is 3.29. The minimum absolute atomic E-state index is 0.0601. The van der Waals surface area contributed by atoms with Gasteiger partial charge in [-0.3, -0.25) is 4.79 Å². The number of Topliss-reactive ketones (excluding diaryl/α,β-unsaturated/α-hetero) is 1. The highest BCUT2D eigenvalue weighted by Gasteiger charge is 2.10. The van der Waals surface area contributed by atoms with E-state index in [1.54, 1.807) is 17.4 Å². The molecular weight excluding hydrogens is 351 g/mol. The molecule has 88 valence electrons. The fourth-order valence-electron chi connectivity index (χ4n) is 1.31. The van der Waals surface area contributed by atoms with Gasteiger partial charge in [-0.25, -0.2) is 9.97 Å². The first-order chi connectivity index (χ1) is 8.19. The Morgan fingerprint density at radius 2 is 2.29 bits per heavy atom. The Labute approximate surface area is 116 Å². The molecule has 0 atom stereocenters. The first-order valence-corrected chi connectivity index (χ1v) is 6.77. The van der Waals surface area contributed by atoms with Crippen LogP contribution in [0.15, 0.2) is 23.8 Å². The monoisotopic (exact) mass is 360 g/mol. The predicted octanol–water partition coefficient (Wildman–Crippen LogP) is 2.58. The van der Waals surface area contributed by atoms with E-state index in [1.807, 2.05) is 11.4 Å². The van der Waals surface area contributed by atoms with Crippen molar-refractivity contribution in [3.05, 3.63) is 38.0 Å². The molecule has 0 aliphatic carbocycles. The molecule has 2 heterocycles. The number of aromatic nitrogens is 2. The van der Waals surface area contributed by atoms with Gasteiger partial charge in [-0.2, -0.15) is 0 Å². The van der Waals surface area contributed by atoms with Crippen LogP contribution in [0.25, 0.3) is 0 Å². The zero-order valence-electron chi connectivity index (χ0n) is 9.01. The van der Waals surface area contributed by atoms with Crippen molar-refractivity contribution < 1.29 is 9.53 Å². The maximum atomic E-state index is 11.9. The first-order valence-electron chi connectivity index (χ1n) is 4.81. The van der Waals surface area contributed by atoms with Crippen LogP contribution >= 0.6 is 33.9 Å². The highest BCUT2D eigenvalue weighted by atomic mass is 127. The minimum atomic E-state index is 0.0601. The summed E-state index contributed by atoms with van der Waals surface area (Å²) in [5, 5.41) is 1.86. The number of rotatable bonds is 4. The zero-order valence-corrected chi connectivity index (χ0v) is 12.0. The molecule has 17 heavy (non-hydrogen) atoms. The van der Waals surface area contributed by atoms with Crippen LogP contribution in [0, 0.1) is 2.88 Å². The van der Waals surface area contributed by atoms with Crippen molar-refractivity contribution in [3.8, 4) is 5.88 Å². The van der Waals surface area contributed by atoms with Crippen molar-refractivity contribution >= 4 is 39.7 Å². The number of carbonyl (C=O) groups excluding carboxylic acids is 1. The van der Waals surface area contributed by atoms with Gasteiger partial charge in [0.15, 0.2) is 5.78 Å². The summed E-state index contributed by atoms with van der Waals surface area (Å²) in [6.07, 6.45) is 1.67. The number of nitrogens with zero attached hydrogens (tertiary/aromatic N) is 2. The van der Waals surface area contributed by atoms with Crippen molar-refractivity contribution in [1.82, 2.24) is 9.97 Å². The van der Waals surface area contributed by atoms with E-state index in [1.165, 1.54) is 13.4 Å². The highest BCUT2D eigenvalue weighted by Crippen LogP contribution is 2.18. The SMILES string of the molecule is COc1cc(CC(=O)c2csc(I)c2)ncn1. The Hall–Kier alpha value is -1.02. The summed E-state index contributed by atoms with van der Waals surface area (Å²) in [4.78, 5) is 19.9. The summed E-state index contributed by atoms with van der Waals surface area (Å²) < 4.78 is 6.09. The topological polar surface area (TPSA) is 52.1 Å². The third-order valence-corrected chi connectivity index (χ3v) is 3.93. The lowest BCUT2D eigenvalue weighted by atomic mass is 10.1. The first kappa shape index (κ1) is 12.4. The van der Waals surface area contributed by atoms with Gasteiger partial charge in [0, 0.05) is 17.0 Å². The molecule has 0 aromatic carbocycles. The highest BCUT2D eigenvalue weighted by molar-refractivity contribution is 14.1. The van der Waals surface area contributed by atoms with E-state index in [0.29, 0.717) is 11.6 Å². The molecule has 0 bridgehead atoms. The molecule has 0 saturated carbocycles. The standard InChI is InChI=1S/C11H9IN2O2S/c1-16-11-4-8(13-6-14-11)3-9(15)7-2-10(12)17-5-7/h2,4-6H,3H2,1H3. The summed E-state index contributed by atoms with van der Waals surface area (Å²) in [7, 11) is 1.54. The zero-order chi connectivity index (χ0) is 12.3. The fourth-order valence-corrected chi connectivity index (χ4v) is 2.66. The largest absolute Gasteiger partial charge is 0.481 e. The Kier molecular flexibility index (Phi) is 4.06. The van der Waals surface area contributed by atoms with E-state index in [-0.39, 0.29) is 12.2 Å². The van der Waals surface area contributed by atoms with Gasteiger partial charge in [-0.05, 0) is 28.7 Å². The molecule has 2 aromatic rings. The summed E-state index contributed by atoms with van der Waals surface area (Å²) in [6, 6.07) is 3.56. The molecule has 0 saturated heterocycles. The summed E-state index contributed by atoms with van der Waals surface area (Å²) in [6.45, 7) is 0. The van der Waals surface area contributed by atoms with E-state index < -0.39 is 0 Å². The molecule has 0 fully saturated rings. The summed E-state index contributed by atoms with van der Waals surface area (Å²) in [5.41, 5.74) is 1.40. The molecule has 0 aliphatic heterocycles. The number of halogens is 1. The summed E-state index contributed by atoms with van der Waals surface area (Å²) in [5.74, 6) is 0.535. The maximum absolute atomic E-state index is 11.9. The van der Waals surface area contributed by atoms with Gasteiger partial charge in [0.1, 0.15) is 6.33 Å². The lowest BCUT2D eigenvalue weighted by Crippen LogP contribution is -2.04. The fraction of sp³-hybridized carbons (Fsp3) is 0.182. The molecule has 2 rings (SSSR count). The third-order valence-electron chi connectivity index (χ3n) is 2.14. The van der Waals surface area contributed by atoms with E-state index in [9.17, 15) is 4.79 Å². The van der Waals surface area contributed by atoms with Crippen LogP contribution in [0.3, 0.4) is 0 Å². The van der Waals surface area contributed by atoms with Crippen molar-refractivity contribution in [3.63, 3.8) is 0 Å². The van der Waals surface area contributed by atoms with Crippen LogP contribution < -0.4 is 4.74 Å². The van der Waals surface area contributed by atoms with Gasteiger partial charge in [0.2, 0.25) is 5.88 Å². The van der Waals surface area contributed by atoms with E-state index in [2.05, 4.69) is 32.6 Å². The Bertz CT molecular complexity index is 542. The van der Waals surface area contributed by atoms with Crippen LogP contribution in [0.5, 0.6) is 5.88 Å². The summed E-state index contributed by atoms with van der Waals surface area (Å²) >= 11 is 3.76. The van der Waals surface area contributed by atoms with Gasteiger partial charge in [-0.15, -0.1) is 11.3 Å². The molecule has 0 amide bonds. The lowest BCUT2D eigenvalue weighted by molar-refractivity contribution is 0.0992. The van der Waals surface area contributed by atoms with E-state index in [4.69, 9.17) is 4.74 Å². The van der Waals surface area contributed by atoms with E-state index in [0.717, 1.165) is 8.45 Å². The quantitative estimate of drug-likeness (QED) is 0.621. The van der Waals surface area contributed by atoms with Gasteiger partial charge in [0.05, 0.1) is 22.1 Å². The van der Waals surface area contributed by atoms with Gasteiger partial charge < -0.3 is 4.74 Å². The average molecular weight is 360 g/mol. The van der Waals surface area contributed by atoms with Crippen molar-refractivity contribution in [2.45, 2.75) is 6.42 Å². The Balaban J connectivity index is 2.12. The Morgan fingerprint density at radius 1 is 1.47 bits per heavy atom. The van der Waals surface area contributed by atoms with Crippen LogP contribution in [-0.2, 0) is 6.42 Å². The molecule has 0 unspecified atom stereocenters. The number of ether oxygens (including phenoxy) is 1.